The fraction of sp³-hybridized carbons (Fsp3) is 0.200. The van der Waals surface area contributed by atoms with Crippen LogP contribution in [0.3, 0.4) is 0 Å². The van der Waals surface area contributed by atoms with Crippen molar-refractivity contribution in [3.8, 4) is 11.5 Å². The zero-order valence-electron chi connectivity index (χ0n) is 10.5. The van der Waals surface area contributed by atoms with Crippen LogP contribution in [0.5, 0.6) is 11.5 Å². The number of halogens is 1. The summed E-state index contributed by atoms with van der Waals surface area (Å²) in [6.07, 6.45) is 0. The van der Waals surface area contributed by atoms with Gasteiger partial charge in [0, 0.05) is 6.54 Å². The highest BCUT2D eigenvalue weighted by atomic mass is 35.5. The van der Waals surface area contributed by atoms with E-state index in [1.807, 2.05) is 37.3 Å². The Balaban J connectivity index is 2.31. The van der Waals surface area contributed by atoms with Crippen molar-refractivity contribution < 1.29 is 4.74 Å². The van der Waals surface area contributed by atoms with Gasteiger partial charge in [0.2, 0.25) is 0 Å². The molecule has 2 N–H and O–H groups in total. The molecule has 0 unspecified atom stereocenters. The predicted molar refractivity (Wildman–Crippen MR) is 75.3 cm³/mol. The van der Waals surface area contributed by atoms with Gasteiger partial charge in [-0.1, -0.05) is 29.8 Å². The molecule has 0 aliphatic rings. The zero-order chi connectivity index (χ0) is 13.1. The van der Waals surface area contributed by atoms with Crippen LogP contribution in [0.15, 0.2) is 36.4 Å². The second-order valence-corrected chi connectivity index (χ2v) is 4.68. The fourth-order valence-electron chi connectivity index (χ4n) is 1.71. The van der Waals surface area contributed by atoms with Crippen molar-refractivity contribution in [2.45, 2.75) is 20.4 Å². The molecule has 0 aromatic heterocycles. The van der Waals surface area contributed by atoms with Crippen LogP contribution in [-0.4, -0.2) is 0 Å². The molecule has 0 atom stereocenters. The van der Waals surface area contributed by atoms with Gasteiger partial charge in [-0.25, -0.2) is 0 Å². The Bertz CT molecular complexity index is 566. The molecule has 0 heterocycles. The van der Waals surface area contributed by atoms with Crippen molar-refractivity contribution in [1.29, 1.82) is 0 Å². The van der Waals surface area contributed by atoms with E-state index in [9.17, 15) is 0 Å². The predicted octanol–water partition coefficient (Wildman–Crippen LogP) is 4.21. The first-order chi connectivity index (χ1) is 8.61. The second kappa shape index (κ2) is 5.42. The number of ether oxygens (including phenoxy) is 1. The van der Waals surface area contributed by atoms with Gasteiger partial charge in [0.1, 0.15) is 11.5 Å². The summed E-state index contributed by atoms with van der Waals surface area (Å²) in [6, 6.07) is 11.6. The van der Waals surface area contributed by atoms with Gasteiger partial charge in [-0.05, 0) is 48.7 Å². The molecule has 3 heteroatoms. The summed E-state index contributed by atoms with van der Waals surface area (Å²) in [7, 11) is 0. The van der Waals surface area contributed by atoms with E-state index < -0.39 is 0 Å². The number of hydrogen-bond acceptors (Lipinski definition) is 2. The third kappa shape index (κ3) is 2.66. The monoisotopic (exact) mass is 261 g/mol. The normalized spacial score (nSPS) is 10.4. The average molecular weight is 262 g/mol. The standard InChI is InChI=1S/C15H16ClNO/c1-10-4-3-5-14(11(10)2)18-15-7-6-12(9-17)8-13(15)16/h3-8H,9,17H2,1-2H3. The minimum absolute atomic E-state index is 0.476. The Kier molecular flexibility index (Phi) is 3.90. The fourth-order valence-corrected chi connectivity index (χ4v) is 1.95. The highest BCUT2D eigenvalue weighted by Crippen LogP contribution is 2.32. The molecule has 0 radical (unpaired) electrons. The van der Waals surface area contributed by atoms with E-state index in [2.05, 4.69) is 13.0 Å². The first-order valence-electron chi connectivity index (χ1n) is 5.84. The van der Waals surface area contributed by atoms with E-state index in [-0.39, 0.29) is 0 Å². The summed E-state index contributed by atoms with van der Waals surface area (Å²) in [5, 5.41) is 0.582. The van der Waals surface area contributed by atoms with Crippen molar-refractivity contribution in [2.24, 2.45) is 5.73 Å². The molecule has 94 valence electrons. The van der Waals surface area contributed by atoms with E-state index in [4.69, 9.17) is 22.1 Å². The van der Waals surface area contributed by atoms with E-state index >= 15 is 0 Å². The highest BCUT2D eigenvalue weighted by Gasteiger charge is 2.07. The summed E-state index contributed by atoms with van der Waals surface area (Å²) in [6.45, 7) is 4.57. The van der Waals surface area contributed by atoms with Crippen LogP contribution in [0, 0.1) is 13.8 Å². The molecule has 0 amide bonds. The molecule has 0 fully saturated rings. The molecule has 0 saturated heterocycles. The lowest BCUT2D eigenvalue weighted by Crippen LogP contribution is -1.96. The van der Waals surface area contributed by atoms with Gasteiger partial charge in [0.15, 0.2) is 0 Å². The molecule has 2 nitrogen and oxygen atoms in total. The van der Waals surface area contributed by atoms with Crippen molar-refractivity contribution in [3.05, 3.63) is 58.1 Å². The molecule has 18 heavy (non-hydrogen) atoms. The van der Waals surface area contributed by atoms with Gasteiger partial charge >= 0.3 is 0 Å². The van der Waals surface area contributed by atoms with Crippen LogP contribution in [0.1, 0.15) is 16.7 Å². The first kappa shape index (κ1) is 12.9. The lowest BCUT2D eigenvalue weighted by molar-refractivity contribution is 0.478. The molecular weight excluding hydrogens is 246 g/mol. The van der Waals surface area contributed by atoms with Crippen molar-refractivity contribution in [1.82, 2.24) is 0 Å². The lowest BCUT2D eigenvalue weighted by Gasteiger charge is -2.12. The van der Waals surface area contributed by atoms with Crippen LogP contribution in [-0.2, 0) is 6.54 Å². The van der Waals surface area contributed by atoms with Crippen LogP contribution < -0.4 is 10.5 Å². The summed E-state index contributed by atoms with van der Waals surface area (Å²) in [5.41, 5.74) is 8.88. The molecule has 2 rings (SSSR count). The largest absolute Gasteiger partial charge is 0.456 e. The first-order valence-corrected chi connectivity index (χ1v) is 6.22. The van der Waals surface area contributed by atoms with Crippen molar-refractivity contribution in [2.75, 3.05) is 0 Å². The van der Waals surface area contributed by atoms with Crippen molar-refractivity contribution in [3.63, 3.8) is 0 Å². The van der Waals surface area contributed by atoms with Gasteiger partial charge in [0.25, 0.3) is 0 Å². The van der Waals surface area contributed by atoms with Crippen LogP contribution in [0.4, 0.5) is 0 Å². The molecule has 2 aromatic rings. The van der Waals surface area contributed by atoms with Gasteiger partial charge in [0.05, 0.1) is 5.02 Å². The van der Waals surface area contributed by atoms with Crippen LogP contribution in [0.2, 0.25) is 5.02 Å². The van der Waals surface area contributed by atoms with Gasteiger partial charge in [-0.3, -0.25) is 0 Å². The van der Waals surface area contributed by atoms with E-state index in [0.717, 1.165) is 16.9 Å². The molecular formula is C15H16ClNO. The topological polar surface area (TPSA) is 35.2 Å². The average Bonchev–Trinajstić information content (AvgIpc) is 2.37. The maximum atomic E-state index is 6.17. The number of aryl methyl sites for hydroxylation is 1. The molecule has 0 aliphatic heterocycles. The van der Waals surface area contributed by atoms with E-state index in [1.165, 1.54) is 5.56 Å². The molecule has 0 saturated carbocycles. The summed E-state index contributed by atoms with van der Waals surface area (Å²) in [4.78, 5) is 0. The van der Waals surface area contributed by atoms with Crippen LogP contribution in [0.25, 0.3) is 0 Å². The minimum Gasteiger partial charge on any atom is -0.456 e. The maximum Gasteiger partial charge on any atom is 0.146 e. The van der Waals surface area contributed by atoms with E-state index in [1.54, 1.807) is 0 Å². The molecule has 0 aliphatic carbocycles. The van der Waals surface area contributed by atoms with Gasteiger partial charge in [-0.15, -0.1) is 0 Å². The summed E-state index contributed by atoms with van der Waals surface area (Å²) >= 11 is 6.17. The minimum atomic E-state index is 0.476. The number of nitrogens with two attached hydrogens (primary N) is 1. The molecule has 0 bridgehead atoms. The maximum absolute atomic E-state index is 6.17. The Morgan fingerprint density at radius 3 is 2.56 bits per heavy atom. The highest BCUT2D eigenvalue weighted by molar-refractivity contribution is 6.32. The number of hydrogen-bond donors (Lipinski definition) is 1. The van der Waals surface area contributed by atoms with Crippen molar-refractivity contribution >= 4 is 11.6 Å². The Labute approximate surface area is 112 Å². The smallest absolute Gasteiger partial charge is 0.146 e. The Morgan fingerprint density at radius 1 is 1.11 bits per heavy atom. The molecule has 0 spiro atoms. The zero-order valence-corrected chi connectivity index (χ0v) is 11.3. The quantitative estimate of drug-likeness (QED) is 0.898. The van der Waals surface area contributed by atoms with Crippen LogP contribution >= 0.6 is 11.6 Å². The number of rotatable bonds is 3. The molecule has 2 aromatic carbocycles. The second-order valence-electron chi connectivity index (χ2n) is 4.27. The lowest BCUT2D eigenvalue weighted by atomic mass is 10.1. The Morgan fingerprint density at radius 2 is 1.89 bits per heavy atom. The van der Waals surface area contributed by atoms with Gasteiger partial charge < -0.3 is 10.5 Å². The third-order valence-corrected chi connectivity index (χ3v) is 3.30. The number of benzene rings is 2. The SMILES string of the molecule is Cc1cccc(Oc2ccc(CN)cc2Cl)c1C. The van der Waals surface area contributed by atoms with Gasteiger partial charge in [-0.2, -0.15) is 0 Å². The summed E-state index contributed by atoms with van der Waals surface area (Å²) < 4.78 is 5.85. The third-order valence-electron chi connectivity index (χ3n) is 3.01. The Hall–Kier alpha value is -1.51. The van der Waals surface area contributed by atoms with E-state index in [0.29, 0.717) is 17.3 Å². The summed E-state index contributed by atoms with van der Waals surface area (Å²) in [5.74, 6) is 1.49.